The molecule has 32 heavy (non-hydrogen) atoms. The van der Waals surface area contributed by atoms with Crippen LogP contribution in [0.2, 0.25) is 5.02 Å². The number of hydrogen-bond donors (Lipinski definition) is 1. The van der Waals surface area contributed by atoms with Crippen LogP contribution in [-0.4, -0.2) is 48.5 Å². The standard InChI is InChI=1S/C25H30ClN3O3/c1-17-6-5-7-20(14-17)28-13-11-21(16-28)32-24-10-9-19(15-22(24)26)27-25(31)23-8-3-4-12-29(23)18(2)30/h5-7,9-10,14-15,21,23H,3-4,8,11-13,16H2,1-2H3,(H,27,31)/t21-,23+/m0/s1. The van der Waals surface area contributed by atoms with Gasteiger partial charge in [0.15, 0.2) is 0 Å². The van der Waals surface area contributed by atoms with Gasteiger partial charge in [0.2, 0.25) is 11.8 Å². The van der Waals surface area contributed by atoms with Gasteiger partial charge >= 0.3 is 0 Å². The Bertz CT molecular complexity index is 996. The number of halogens is 1. The second kappa shape index (κ2) is 9.82. The van der Waals surface area contributed by atoms with Crippen LogP contribution in [0.25, 0.3) is 0 Å². The molecule has 7 heteroatoms. The molecular weight excluding hydrogens is 426 g/mol. The van der Waals surface area contributed by atoms with E-state index in [4.69, 9.17) is 16.3 Å². The van der Waals surface area contributed by atoms with Crippen LogP contribution in [-0.2, 0) is 9.59 Å². The van der Waals surface area contributed by atoms with Crippen LogP contribution in [0.4, 0.5) is 11.4 Å². The van der Waals surface area contributed by atoms with Gasteiger partial charge < -0.3 is 19.9 Å². The van der Waals surface area contributed by atoms with Gasteiger partial charge in [0.05, 0.1) is 11.6 Å². The van der Waals surface area contributed by atoms with Gasteiger partial charge in [-0.25, -0.2) is 0 Å². The van der Waals surface area contributed by atoms with Crippen molar-refractivity contribution < 1.29 is 14.3 Å². The van der Waals surface area contributed by atoms with Crippen molar-refractivity contribution in [3.63, 3.8) is 0 Å². The van der Waals surface area contributed by atoms with Crippen LogP contribution < -0.4 is 15.0 Å². The fraction of sp³-hybridized carbons (Fsp3) is 0.440. The highest BCUT2D eigenvalue weighted by Gasteiger charge is 2.30. The first-order valence-electron chi connectivity index (χ1n) is 11.3. The third kappa shape index (κ3) is 5.18. The number of nitrogens with one attached hydrogen (secondary N) is 1. The molecule has 0 radical (unpaired) electrons. The smallest absolute Gasteiger partial charge is 0.247 e. The van der Waals surface area contributed by atoms with Crippen molar-refractivity contribution in [2.75, 3.05) is 29.9 Å². The minimum atomic E-state index is -0.429. The van der Waals surface area contributed by atoms with E-state index < -0.39 is 6.04 Å². The second-order valence-electron chi connectivity index (χ2n) is 8.67. The van der Waals surface area contributed by atoms with E-state index in [0.29, 0.717) is 29.4 Å². The average molecular weight is 456 g/mol. The monoisotopic (exact) mass is 455 g/mol. The Hall–Kier alpha value is -2.73. The van der Waals surface area contributed by atoms with Gasteiger partial charge in [-0.3, -0.25) is 9.59 Å². The Kier molecular flexibility index (Phi) is 6.89. The van der Waals surface area contributed by atoms with Crippen molar-refractivity contribution in [1.29, 1.82) is 0 Å². The zero-order chi connectivity index (χ0) is 22.7. The molecule has 2 aliphatic rings. The number of benzene rings is 2. The second-order valence-corrected chi connectivity index (χ2v) is 9.08. The summed E-state index contributed by atoms with van der Waals surface area (Å²) in [6.45, 7) is 5.98. The molecule has 2 aliphatic heterocycles. The molecule has 6 nitrogen and oxygen atoms in total. The number of likely N-dealkylation sites (tertiary alicyclic amines) is 1. The van der Waals surface area contributed by atoms with E-state index in [9.17, 15) is 9.59 Å². The molecule has 2 aromatic rings. The first kappa shape index (κ1) is 22.5. The summed E-state index contributed by atoms with van der Waals surface area (Å²) in [5.74, 6) is 0.376. The van der Waals surface area contributed by atoms with E-state index in [1.54, 1.807) is 23.1 Å². The topological polar surface area (TPSA) is 61.9 Å². The van der Waals surface area contributed by atoms with Crippen molar-refractivity contribution in [3.8, 4) is 5.75 Å². The molecule has 2 fully saturated rings. The molecule has 0 aromatic heterocycles. The lowest BCUT2D eigenvalue weighted by Gasteiger charge is -2.33. The highest BCUT2D eigenvalue weighted by Crippen LogP contribution is 2.31. The van der Waals surface area contributed by atoms with Crippen LogP contribution in [0.15, 0.2) is 42.5 Å². The molecule has 0 bridgehead atoms. The molecule has 0 aliphatic carbocycles. The molecule has 0 spiro atoms. The largest absolute Gasteiger partial charge is 0.487 e. The number of anilines is 2. The number of hydrogen-bond acceptors (Lipinski definition) is 4. The average Bonchev–Trinajstić information content (AvgIpc) is 3.24. The van der Waals surface area contributed by atoms with E-state index in [0.717, 1.165) is 32.4 Å². The van der Waals surface area contributed by atoms with E-state index in [2.05, 4.69) is 41.4 Å². The molecule has 2 amide bonds. The Morgan fingerprint density at radius 3 is 2.69 bits per heavy atom. The van der Waals surface area contributed by atoms with Gasteiger partial charge in [0.25, 0.3) is 0 Å². The van der Waals surface area contributed by atoms with Crippen molar-refractivity contribution in [2.45, 2.75) is 51.7 Å². The minimum absolute atomic E-state index is 0.0554. The van der Waals surface area contributed by atoms with Gasteiger partial charge in [-0.05, 0) is 62.1 Å². The molecule has 1 N–H and O–H groups in total. The Balaban J connectivity index is 1.36. The molecular formula is C25H30ClN3O3. The summed E-state index contributed by atoms with van der Waals surface area (Å²) >= 11 is 6.48. The third-order valence-corrected chi connectivity index (χ3v) is 6.51. The van der Waals surface area contributed by atoms with Crippen molar-refractivity contribution in [2.24, 2.45) is 0 Å². The lowest BCUT2D eigenvalue weighted by Crippen LogP contribution is -2.49. The minimum Gasteiger partial charge on any atom is -0.487 e. The quantitative estimate of drug-likeness (QED) is 0.713. The third-order valence-electron chi connectivity index (χ3n) is 6.21. The molecule has 2 atom stereocenters. The molecule has 2 heterocycles. The number of amides is 2. The van der Waals surface area contributed by atoms with Gasteiger partial charge in [0, 0.05) is 37.8 Å². The lowest BCUT2D eigenvalue weighted by molar-refractivity contribution is -0.138. The molecule has 4 rings (SSSR count). The number of piperidine rings is 1. The summed E-state index contributed by atoms with van der Waals surface area (Å²) < 4.78 is 6.17. The number of nitrogens with zero attached hydrogens (tertiary/aromatic N) is 2. The SMILES string of the molecule is CC(=O)N1CCCC[C@@H]1C(=O)Nc1ccc(O[C@H]2CCN(c3cccc(C)c3)C2)c(Cl)c1. The molecule has 0 saturated carbocycles. The molecule has 0 unspecified atom stereocenters. The maximum atomic E-state index is 12.8. The first-order chi connectivity index (χ1) is 15.4. The molecule has 170 valence electrons. The Labute approximate surface area is 194 Å². The summed E-state index contributed by atoms with van der Waals surface area (Å²) in [5, 5.41) is 3.37. The van der Waals surface area contributed by atoms with Crippen LogP contribution in [0, 0.1) is 6.92 Å². The van der Waals surface area contributed by atoms with Crippen molar-refractivity contribution >= 4 is 34.8 Å². The maximum absolute atomic E-state index is 12.8. The van der Waals surface area contributed by atoms with E-state index in [-0.39, 0.29) is 17.9 Å². The van der Waals surface area contributed by atoms with Gasteiger partial charge in [0.1, 0.15) is 17.9 Å². The van der Waals surface area contributed by atoms with Gasteiger partial charge in [-0.2, -0.15) is 0 Å². The summed E-state index contributed by atoms with van der Waals surface area (Å²) in [7, 11) is 0. The zero-order valence-corrected chi connectivity index (χ0v) is 19.4. The zero-order valence-electron chi connectivity index (χ0n) is 18.6. The van der Waals surface area contributed by atoms with Crippen molar-refractivity contribution in [1.82, 2.24) is 4.90 Å². The summed E-state index contributed by atoms with van der Waals surface area (Å²) in [5.41, 5.74) is 3.06. The lowest BCUT2D eigenvalue weighted by atomic mass is 10.0. The summed E-state index contributed by atoms with van der Waals surface area (Å²) in [4.78, 5) is 28.6. The van der Waals surface area contributed by atoms with Crippen LogP contribution in [0.1, 0.15) is 38.2 Å². The highest BCUT2D eigenvalue weighted by atomic mass is 35.5. The fourth-order valence-corrected chi connectivity index (χ4v) is 4.77. The fourth-order valence-electron chi connectivity index (χ4n) is 4.54. The molecule has 2 saturated heterocycles. The predicted molar refractivity (Wildman–Crippen MR) is 128 cm³/mol. The summed E-state index contributed by atoms with van der Waals surface area (Å²) in [6.07, 6.45) is 3.53. The molecule has 2 aromatic carbocycles. The van der Waals surface area contributed by atoms with E-state index in [1.807, 2.05) is 0 Å². The van der Waals surface area contributed by atoms with Gasteiger partial charge in [-0.1, -0.05) is 23.7 Å². The van der Waals surface area contributed by atoms with Crippen LogP contribution in [0.5, 0.6) is 5.75 Å². The first-order valence-corrected chi connectivity index (χ1v) is 11.6. The number of carbonyl (C=O) groups is 2. The number of aryl methyl sites for hydroxylation is 1. The van der Waals surface area contributed by atoms with E-state index >= 15 is 0 Å². The Morgan fingerprint density at radius 2 is 1.94 bits per heavy atom. The maximum Gasteiger partial charge on any atom is 0.247 e. The number of ether oxygens (including phenoxy) is 1. The normalized spacial score (nSPS) is 20.8. The number of carbonyl (C=O) groups excluding carboxylic acids is 2. The van der Waals surface area contributed by atoms with E-state index in [1.165, 1.54) is 18.2 Å². The summed E-state index contributed by atoms with van der Waals surface area (Å²) in [6, 6.07) is 13.4. The Morgan fingerprint density at radius 1 is 1.09 bits per heavy atom. The number of rotatable bonds is 5. The highest BCUT2D eigenvalue weighted by molar-refractivity contribution is 6.32. The van der Waals surface area contributed by atoms with Crippen LogP contribution in [0.3, 0.4) is 0 Å². The van der Waals surface area contributed by atoms with Gasteiger partial charge in [-0.15, -0.1) is 0 Å². The van der Waals surface area contributed by atoms with Crippen LogP contribution >= 0.6 is 11.6 Å². The van der Waals surface area contributed by atoms with Crippen molar-refractivity contribution in [3.05, 3.63) is 53.1 Å². The predicted octanol–water partition coefficient (Wildman–Crippen LogP) is 4.65.